The number of carbonyl (C=O) groups excluding carboxylic acids is 1. The number of hydrogen-bond donors (Lipinski definition) is 1. The van der Waals surface area contributed by atoms with Crippen LogP contribution >= 0.6 is 0 Å². The molecule has 2 aliphatic rings. The number of amides is 1. The summed E-state index contributed by atoms with van der Waals surface area (Å²) in [6.07, 6.45) is 2.03. The van der Waals surface area contributed by atoms with Gasteiger partial charge in [-0.15, -0.1) is 13.2 Å². The van der Waals surface area contributed by atoms with Gasteiger partial charge in [0.2, 0.25) is 0 Å². The first-order chi connectivity index (χ1) is 17.9. The summed E-state index contributed by atoms with van der Waals surface area (Å²) in [7, 11) is 0. The number of aromatic amines is 1. The second-order valence-electron chi connectivity index (χ2n) is 9.38. The van der Waals surface area contributed by atoms with Crippen LogP contribution in [-0.2, 0) is 0 Å². The van der Waals surface area contributed by atoms with Gasteiger partial charge in [0.15, 0.2) is 0 Å². The van der Waals surface area contributed by atoms with Gasteiger partial charge in [-0.25, -0.2) is 0 Å². The lowest BCUT2D eigenvalue weighted by atomic mass is 9.80. The van der Waals surface area contributed by atoms with E-state index >= 15 is 0 Å². The number of halogens is 3. The molecule has 6 rings (SSSR count). The van der Waals surface area contributed by atoms with Gasteiger partial charge >= 0.3 is 6.36 Å². The lowest BCUT2D eigenvalue weighted by molar-refractivity contribution is -0.274. The fourth-order valence-corrected chi connectivity index (χ4v) is 5.54. The molecule has 1 amide bonds. The third kappa shape index (κ3) is 4.36. The maximum absolute atomic E-state index is 13.7. The summed E-state index contributed by atoms with van der Waals surface area (Å²) in [5, 5.41) is 11.3. The minimum atomic E-state index is -4.77. The summed E-state index contributed by atoms with van der Waals surface area (Å²) < 4.78 is 46.8. The summed E-state index contributed by atoms with van der Waals surface area (Å²) in [6, 6.07) is 14.8. The van der Waals surface area contributed by atoms with Crippen LogP contribution in [0.3, 0.4) is 0 Å². The van der Waals surface area contributed by atoms with E-state index in [9.17, 15) is 18.0 Å². The zero-order valence-electron chi connectivity index (χ0n) is 19.7. The average Bonchev–Trinajstić information content (AvgIpc) is 3.63. The fraction of sp³-hybridized carbons (Fsp3) is 0.296. The lowest BCUT2D eigenvalue weighted by Crippen LogP contribution is -2.33. The van der Waals surface area contributed by atoms with Crippen molar-refractivity contribution < 1.29 is 27.2 Å². The van der Waals surface area contributed by atoms with Crippen molar-refractivity contribution in [1.82, 2.24) is 15.4 Å². The van der Waals surface area contributed by atoms with Crippen LogP contribution in [0.4, 0.5) is 18.9 Å². The number of hydrogen-bond acceptors (Lipinski definition) is 5. The minimum Gasteiger partial charge on any atom is -0.406 e. The Balaban J connectivity index is 1.38. The Morgan fingerprint density at radius 1 is 0.946 bits per heavy atom. The van der Waals surface area contributed by atoms with Gasteiger partial charge in [0.05, 0.1) is 11.7 Å². The highest BCUT2D eigenvalue weighted by Gasteiger charge is 2.46. The predicted octanol–water partition coefficient (Wildman–Crippen LogP) is 6.91. The number of nitrogens with one attached hydrogen (secondary N) is 1. The Morgan fingerprint density at radius 3 is 2.30 bits per heavy atom. The zero-order valence-corrected chi connectivity index (χ0v) is 19.7. The van der Waals surface area contributed by atoms with E-state index in [2.05, 4.69) is 20.1 Å². The highest BCUT2D eigenvalue weighted by molar-refractivity contribution is 6.11. The molecule has 10 heteroatoms. The molecule has 1 unspecified atom stereocenters. The van der Waals surface area contributed by atoms with Crippen molar-refractivity contribution in [2.75, 3.05) is 4.90 Å². The van der Waals surface area contributed by atoms with Crippen LogP contribution in [0.5, 0.6) is 5.75 Å². The van der Waals surface area contributed by atoms with E-state index in [0.717, 1.165) is 48.9 Å². The SMILES string of the molecule is O=C1c2[nH]nc(-c3ccc(OC(F)(F)F)cc3)c2C(C2CCCCC2)N1c1ccc(-c2ccon2)cc1. The molecular formula is C27H23F3N4O3. The van der Waals surface area contributed by atoms with E-state index in [0.29, 0.717) is 22.6 Å². The molecule has 1 atom stereocenters. The Morgan fingerprint density at radius 2 is 1.65 bits per heavy atom. The molecule has 2 aromatic heterocycles. The Bertz CT molecular complexity index is 1390. The van der Waals surface area contributed by atoms with Gasteiger partial charge < -0.3 is 9.26 Å². The van der Waals surface area contributed by atoms with E-state index in [1.54, 1.807) is 6.07 Å². The van der Waals surface area contributed by atoms with Gasteiger partial charge in [0.25, 0.3) is 5.91 Å². The number of anilines is 1. The molecule has 7 nitrogen and oxygen atoms in total. The molecule has 3 heterocycles. The highest BCUT2D eigenvalue weighted by atomic mass is 19.4. The number of benzene rings is 2. The molecule has 1 aliphatic heterocycles. The lowest BCUT2D eigenvalue weighted by Gasteiger charge is -2.35. The average molecular weight is 509 g/mol. The number of rotatable bonds is 5. The second-order valence-corrected chi connectivity index (χ2v) is 9.38. The van der Waals surface area contributed by atoms with Crippen molar-refractivity contribution in [2.24, 2.45) is 5.92 Å². The molecule has 2 aromatic carbocycles. The minimum absolute atomic E-state index is 0.171. The fourth-order valence-electron chi connectivity index (χ4n) is 5.54. The van der Waals surface area contributed by atoms with Gasteiger partial charge in [-0.2, -0.15) is 5.10 Å². The van der Waals surface area contributed by atoms with Gasteiger partial charge in [-0.3, -0.25) is 14.8 Å². The number of fused-ring (bicyclic) bond motifs is 1. The standard InChI is InChI=1S/C27H23F3N4O3/c28-27(29,30)37-20-12-8-17(9-13-20)23-22-24(32-31-23)26(35)34(25(22)18-4-2-1-3-5-18)19-10-6-16(7-11-19)21-14-15-36-33-21/h6-15,18,25H,1-5H2,(H,31,32). The summed E-state index contributed by atoms with van der Waals surface area (Å²) in [5.74, 6) is -0.244. The van der Waals surface area contributed by atoms with E-state index in [1.165, 1.54) is 30.5 Å². The summed E-state index contributed by atoms with van der Waals surface area (Å²) in [5.41, 5.74) is 4.74. The molecule has 37 heavy (non-hydrogen) atoms. The molecule has 190 valence electrons. The van der Waals surface area contributed by atoms with E-state index in [4.69, 9.17) is 4.52 Å². The molecular weight excluding hydrogens is 485 g/mol. The van der Waals surface area contributed by atoms with Crippen LogP contribution in [0, 0.1) is 5.92 Å². The van der Waals surface area contributed by atoms with Crippen LogP contribution in [0.15, 0.2) is 65.4 Å². The predicted molar refractivity (Wildman–Crippen MR) is 129 cm³/mol. The molecule has 1 saturated carbocycles. The molecule has 4 aromatic rings. The Labute approximate surface area is 210 Å². The largest absolute Gasteiger partial charge is 0.573 e. The molecule has 0 bridgehead atoms. The first-order valence-corrected chi connectivity index (χ1v) is 12.2. The zero-order chi connectivity index (χ0) is 25.6. The number of carbonyl (C=O) groups is 1. The normalized spacial score (nSPS) is 18.3. The van der Waals surface area contributed by atoms with Gasteiger partial charge in [0, 0.05) is 28.4 Å². The van der Waals surface area contributed by atoms with Gasteiger partial charge in [0.1, 0.15) is 23.4 Å². The third-order valence-electron chi connectivity index (χ3n) is 7.15. The monoisotopic (exact) mass is 508 g/mol. The number of H-pyrrole nitrogens is 1. The first-order valence-electron chi connectivity index (χ1n) is 12.2. The molecule has 1 fully saturated rings. The quantitative estimate of drug-likeness (QED) is 0.317. The van der Waals surface area contributed by atoms with Crippen LogP contribution in [0.25, 0.3) is 22.5 Å². The van der Waals surface area contributed by atoms with E-state index in [-0.39, 0.29) is 23.6 Å². The van der Waals surface area contributed by atoms with Crippen molar-refractivity contribution in [2.45, 2.75) is 44.5 Å². The first kappa shape index (κ1) is 23.3. The van der Waals surface area contributed by atoms with Crippen molar-refractivity contribution >= 4 is 11.6 Å². The number of nitrogens with zero attached hydrogens (tertiary/aromatic N) is 3. The van der Waals surface area contributed by atoms with Gasteiger partial charge in [-0.1, -0.05) is 36.6 Å². The molecule has 1 N–H and O–H groups in total. The number of alkyl halides is 3. The summed E-state index contributed by atoms with van der Waals surface area (Å²) in [4.78, 5) is 15.5. The smallest absolute Gasteiger partial charge is 0.406 e. The molecule has 0 radical (unpaired) electrons. The number of ether oxygens (including phenoxy) is 1. The Kier molecular flexibility index (Phi) is 5.73. The van der Waals surface area contributed by atoms with Crippen LogP contribution in [0.2, 0.25) is 0 Å². The van der Waals surface area contributed by atoms with Crippen molar-refractivity contribution in [1.29, 1.82) is 0 Å². The van der Waals surface area contributed by atoms with Crippen molar-refractivity contribution in [3.63, 3.8) is 0 Å². The molecule has 0 spiro atoms. The Hall–Kier alpha value is -4.08. The molecule has 0 saturated heterocycles. The molecule has 1 aliphatic carbocycles. The third-order valence-corrected chi connectivity index (χ3v) is 7.15. The van der Waals surface area contributed by atoms with Crippen LogP contribution in [0.1, 0.15) is 54.2 Å². The van der Waals surface area contributed by atoms with Crippen LogP contribution in [-0.4, -0.2) is 27.6 Å². The van der Waals surface area contributed by atoms with Crippen molar-refractivity contribution in [3.05, 3.63) is 72.1 Å². The van der Waals surface area contributed by atoms with E-state index < -0.39 is 6.36 Å². The van der Waals surface area contributed by atoms with Crippen LogP contribution < -0.4 is 9.64 Å². The topological polar surface area (TPSA) is 84.3 Å². The highest BCUT2D eigenvalue weighted by Crippen LogP contribution is 2.49. The maximum atomic E-state index is 13.7. The van der Waals surface area contributed by atoms with Crippen molar-refractivity contribution in [3.8, 4) is 28.3 Å². The summed E-state index contributed by atoms with van der Waals surface area (Å²) >= 11 is 0. The summed E-state index contributed by atoms with van der Waals surface area (Å²) in [6.45, 7) is 0. The second kappa shape index (κ2) is 9.10. The number of aromatic nitrogens is 3. The van der Waals surface area contributed by atoms with E-state index in [1.807, 2.05) is 29.2 Å². The van der Waals surface area contributed by atoms with Gasteiger partial charge in [-0.05, 0) is 55.2 Å². The maximum Gasteiger partial charge on any atom is 0.573 e.